The third-order valence-corrected chi connectivity index (χ3v) is 8.02. The number of carbonyl (C=O) groups is 5. The lowest BCUT2D eigenvalue weighted by molar-refractivity contribution is -0.121. The molecule has 46 heavy (non-hydrogen) atoms. The third kappa shape index (κ3) is 7.56. The lowest BCUT2D eigenvalue weighted by Crippen LogP contribution is -2.31. The van der Waals surface area contributed by atoms with Crippen molar-refractivity contribution in [2.45, 2.75) is 23.5 Å². The van der Waals surface area contributed by atoms with Crippen LogP contribution in [0.15, 0.2) is 114 Å². The Morgan fingerprint density at radius 2 is 1.63 bits per heavy atom. The molecule has 232 valence electrons. The van der Waals surface area contributed by atoms with Crippen LogP contribution in [0.5, 0.6) is 0 Å². The van der Waals surface area contributed by atoms with E-state index in [2.05, 4.69) is 10.6 Å². The van der Waals surface area contributed by atoms with Crippen LogP contribution in [0.1, 0.15) is 39.6 Å². The van der Waals surface area contributed by atoms with Gasteiger partial charge in [0.25, 0.3) is 11.8 Å². The molecule has 0 aliphatic carbocycles. The Kier molecular flexibility index (Phi) is 10.0. The molecule has 0 aromatic heterocycles. The maximum atomic E-state index is 14.5. The van der Waals surface area contributed by atoms with Crippen molar-refractivity contribution >= 4 is 58.8 Å². The van der Waals surface area contributed by atoms with Gasteiger partial charge >= 0.3 is 5.97 Å². The van der Waals surface area contributed by atoms with Gasteiger partial charge in [-0.15, -0.1) is 11.8 Å². The summed E-state index contributed by atoms with van der Waals surface area (Å²) >= 11 is 1.17. The summed E-state index contributed by atoms with van der Waals surface area (Å²) < 4.78 is 19.4. The summed E-state index contributed by atoms with van der Waals surface area (Å²) in [5, 5.41) is 4.58. The predicted octanol–water partition coefficient (Wildman–Crippen LogP) is 5.84. The molecule has 0 spiro atoms. The number of nitrogens with one attached hydrogen (secondary N) is 2. The van der Waals surface area contributed by atoms with Crippen molar-refractivity contribution in [1.29, 1.82) is 0 Å². The van der Waals surface area contributed by atoms with Gasteiger partial charge in [0.2, 0.25) is 11.8 Å². The smallest absolute Gasteiger partial charge is 0.338 e. The number of nitrogens with zero attached hydrogens (tertiary/aromatic N) is 1. The molecule has 1 atom stereocenters. The molecule has 0 bridgehead atoms. The number of rotatable bonds is 10. The fraction of sp³-hybridized carbons (Fsp3) is 0.114. The van der Waals surface area contributed by atoms with Crippen LogP contribution in [0.3, 0.4) is 0 Å². The van der Waals surface area contributed by atoms with Gasteiger partial charge < -0.3 is 15.4 Å². The monoisotopic (exact) mass is 637 g/mol. The Labute approximate surface area is 268 Å². The van der Waals surface area contributed by atoms with Crippen molar-refractivity contribution in [3.63, 3.8) is 0 Å². The molecule has 1 fully saturated rings. The largest absolute Gasteiger partial charge is 0.462 e. The minimum atomic E-state index is -0.718. The van der Waals surface area contributed by atoms with Crippen molar-refractivity contribution in [2.24, 2.45) is 0 Å². The summed E-state index contributed by atoms with van der Waals surface area (Å²) in [5.74, 6) is -3.10. The van der Waals surface area contributed by atoms with Gasteiger partial charge in [-0.25, -0.2) is 14.1 Å². The second kappa shape index (κ2) is 14.5. The topological polar surface area (TPSA) is 122 Å². The van der Waals surface area contributed by atoms with E-state index >= 15 is 0 Å². The van der Waals surface area contributed by atoms with E-state index in [1.807, 2.05) is 0 Å². The zero-order valence-corrected chi connectivity index (χ0v) is 25.4. The molecule has 0 unspecified atom stereocenters. The van der Waals surface area contributed by atoms with E-state index in [0.717, 1.165) is 4.90 Å². The second-order valence-electron chi connectivity index (χ2n) is 10.0. The molecule has 0 radical (unpaired) electrons. The van der Waals surface area contributed by atoms with Gasteiger partial charge in [-0.3, -0.25) is 19.2 Å². The van der Waals surface area contributed by atoms with Gasteiger partial charge in [0.15, 0.2) is 0 Å². The number of amides is 4. The van der Waals surface area contributed by atoms with Crippen LogP contribution in [-0.2, 0) is 19.1 Å². The highest BCUT2D eigenvalue weighted by atomic mass is 32.2. The average molecular weight is 638 g/mol. The van der Waals surface area contributed by atoms with Crippen molar-refractivity contribution in [3.05, 3.63) is 131 Å². The molecule has 1 saturated heterocycles. The fourth-order valence-corrected chi connectivity index (χ4v) is 5.74. The zero-order chi connectivity index (χ0) is 32.6. The normalized spacial score (nSPS) is 14.6. The molecule has 0 saturated carbocycles. The first kappa shape index (κ1) is 31.9. The van der Waals surface area contributed by atoms with E-state index in [1.54, 1.807) is 67.6 Å². The second-order valence-corrected chi connectivity index (χ2v) is 11.3. The van der Waals surface area contributed by atoms with E-state index < -0.39 is 34.8 Å². The summed E-state index contributed by atoms with van der Waals surface area (Å²) in [5.41, 5.74) is 1.24. The molecule has 4 aromatic carbocycles. The summed E-state index contributed by atoms with van der Waals surface area (Å²) in [6, 6.07) is 26.9. The highest BCUT2D eigenvalue weighted by Gasteiger charge is 2.40. The lowest BCUT2D eigenvalue weighted by Gasteiger charge is -2.16. The molecule has 2 N–H and O–H groups in total. The van der Waals surface area contributed by atoms with E-state index in [9.17, 15) is 28.4 Å². The van der Waals surface area contributed by atoms with Crippen molar-refractivity contribution in [2.75, 3.05) is 16.8 Å². The number of hydrogen-bond acceptors (Lipinski definition) is 7. The number of carbonyl (C=O) groups excluding carboxylic acids is 5. The summed E-state index contributed by atoms with van der Waals surface area (Å²) in [7, 11) is 0. The molecule has 4 amide bonds. The molecular formula is C35H28FN3O6S. The average Bonchev–Trinajstić information content (AvgIpc) is 3.34. The fourth-order valence-electron chi connectivity index (χ4n) is 4.63. The van der Waals surface area contributed by atoms with Crippen LogP contribution in [0, 0.1) is 5.82 Å². The number of imide groups is 1. The molecular weight excluding hydrogens is 609 g/mol. The number of esters is 1. The number of hydrogen-bond donors (Lipinski definition) is 2. The highest BCUT2D eigenvalue weighted by molar-refractivity contribution is 8.00. The van der Waals surface area contributed by atoms with Gasteiger partial charge in [0, 0.05) is 28.1 Å². The molecule has 1 aliphatic heterocycles. The molecule has 4 aromatic rings. The molecule has 5 rings (SSSR count). The van der Waals surface area contributed by atoms with Crippen LogP contribution in [-0.4, -0.2) is 41.5 Å². The maximum absolute atomic E-state index is 14.5. The first-order valence-electron chi connectivity index (χ1n) is 14.3. The number of thioether (sulfide) groups is 1. The first-order valence-corrected chi connectivity index (χ1v) is 15.2. The van der Waals surface area contributed by atoms with Crippen LogP contribution in [0.2, 0.25) is 0 Å². The Bertz CT molecular complexity index is 1830. The van der Waals surface area contributed by atoms with Gasteiger partial charge in [0.1, 0.15) is 11.5 Å². The maximum Gasteiger partial charge on any atom is 0.338 e. The lowest BCUT2D eigenvalue weighted by atomic mass is 10.1. The quantitative estimate of drug-likeness (QED) is 0.127. The van der Waals surface area contributed by atoms with Crippen LogP contribution >= 0.6 is 11.8 Å². The van der Waals surface area contributed by atoms with Crippen molar-refractivity contribution in [1.82, 2.24) is 5.32 Å². The third-order valence-electron chi connectivity index (χ3n) is 6.85. The standard InChI is InChI=1S/C35H28FN3O6S/c1-2-45-35(44)23-15-17-26(18-16-23)39-31(40)21-30(34(39)43)46-27-13-8-12-25(20-27)37-33(42)29(19-24-11-6-7-14-28(24)36)38-32(41)22-9-4-3-5-10-22/h3-20,30H,2,21H2,1H3,(H,37,42)(H,38,41)/b29-19-/t30-/m0/s1. The molecule has 1 heterocycles. The zero-order valence-electron chi connectivity index (χ0n) is 24.6. The summed E-state index contributed by atoms with van der Waals surface area (Å²) in [6.07, 6.45) is 1.21. The number of anilines is 2. The van der Waals surface area contributed by atoms with Crippen LogP contribution in [0.25, 0.3) is 6.08 Å². The Morgan fingerprint density at radius 1 is 0.913 bits per heavy atom. The van der Waals surface area contributed by atoms with Gasteiger partial charge in [0.05, 0.1) is 23.1 Å². The van der Waals surface area contributed by atoms with Gasteiger partial charge in [-0.05, 0) is 73.7 Å². The molecule has 11 heteroatoms. The van der Waals surface area contributed by atoms with E-state index in [0.29, 0.717) is 27.4 Å². The number of benzene rings is 4. The minimum absolute atomic E-state index is 0.0409. The molecule has 1 aliphatic rings. The number of halogens is 1. The van der Waals surface area contributed by atoms with Gasteiger partial charge in [-0.1, -0.05) is 42.5 Å². The minimum Gasteiger partial charge on any atom is -0.462 e. The first-order chi connectivity index (χ1) is 22.2. The molecule has 9 nitrogen and oxygen atoms in total. The summed E-state index contributed by atoms with van der Waals surface area (Å²) in [4.78, 5) is 66.0. The van der Waals surface area contributed by atoms with Gasteiger partial charge in [-0.2, -0.15) is 0 Å². The highest BCUT2D eigenvalue weighted by Crippen LogP contribution is 2.35. The Hall–Kier alpha value is -5.55. The SMILES string of the molecule is CCOC(=O)c1ccc(N2C(=O)C[C@H](Sc3cccc(NC(=O)/C(=C/c4ccccc4F)NC(=O)c4ccccc4)c3)C2=O)cc1. The van der Waals surface area contributed by atoms with Crippen LogP contribution in [0.4, 0.5) is 15.8 Å². The number of ether oxygens (including phenoxy) is 1. The summed E-state index contributed by atoms with van der Waals surface area (Å²) in [6.45, 7) is 1.92. The van der Waals surface area contributed by atoms with E-state index in [4.69, 9.17) is 4.74 Å². The predicted molar refractivity (Wildman–Crippen MR) is 173 cm³/mol. The van der Waals surface area contributed by atoms with E-state index in [1.165, 1.54) is 60.3 Å². The van der Waals surface area contributed by atoms with Crippen molar-refractivity contribution in [3.8, 4) is 0 Å². The Morgan fingerprint density at radius 3 is 2.35 bits per heavy atom. The van der Waals surface area contributed by atoms with Crippen molar-refractivity contribution < 1.29 is 33.1 Å². The van der Waals surface area contributed by atoms with E-state index in [-0.39, 0.29) is 30.2 Å². The van der Waals surface area contributed by atoms with Crippen LogP contribution < -0.4 is 15.5 Å². The Balaban J connectivity index is 1.30.